The first-order valence-corrected chi connectivity index (χ1v) is 8.49. The number of nitrogens with two attached hydrogens (primary N) is 1. The van der Waals surface area contributed by atoms with Crippen LogP contribution >= 0.6 is 0 Å². The van der Waals surface area contributed by atoms with Gasteiger partial charge in [0.25, 0.3) is 0 Å². The van der Waals surface area contributed by atoms with Gasteiger partial charge in [0.1, 0.15) is 5.82 Å². The van der Waals surface area contributed by atoms with Crippen molar-refractivity contribution < 1.29 is 9.53 Å². The monoisotopic (exact) mass is 318 g/mol. The molecule has 2 aliphatic rings. The average molecular weight is 318 g/mol. The normalized spacial score (nSPS) is 20.5. The number of amides is 1. The average Bonchev–Trinajstić information content (AvgIpc) is 3.15. The minimum atomic E-state index is -0.471. The molecule has 6 heteroatoms. The van der Waals surface area contributed by atoms with Crippen molar-refractivity contribution in [3.8, 4) is 0 Å². The fourth-order valence-electron chi connectivity index (χ4n) is 3.31. The Balaban J connectivity index is 1.55. The molecule has 23 heavy (non-hydrogen) atoms. The maximum atomic E-state index is 12.5. The van der Waals surface area contributed by atoms with E-state index in [9.17, 15) is 4.79 Å². The Bertz CT molecular complexity index is 520. The van der Waals surface area contributed by atoms with Gasteiger partial charge in [0, 0.05) is 45.6 Å². The number of ether oxygens (including phenoxy) is 1. The summed E-state index contributed by atoms with van der Waals surface area (Å²) in [5, 5.41) is 3.02. The van der Waals surface area contributed by atoms with Crippen LogP contribution in [0.15, 0.2) is 18.3 Å². The third-order valence-corrected chi connectivity index (χ3v) is 5.01. The summed E-state index contributed by atoms with van der Waals surface area (Å²) in [4.78, 5) is 19.3. The number of rotatable bonds is 5. The van der Waals surface area contributed by atoms with Gasteiger partial charge in [-0.1, -0.05) is 6.07 Å². The van der Waals surface area contributed by atoms with E-state index in [0.717, 1.165) is 24.5 Å². The highest BCUT2D eigenvalue weighted by atomic mass is 16.5. The van der Waals surface area contributed by atoms with Crippen molar-refractivity contribution >= 4 is 11.7 Å². The largest absolute Gasteiger partial charge is 0.381 e. The number of aromatic nitrogens is 1. The lowest BCUT2D eigenvalue weighted by atomic mass is 9.79. The molecule has 0 atom stereocenters. The second-order valence-electron chi connectivity index (χ2n) is 6.50. The lowest BCUT2D eigenvalue weighted by molar-refractivity contribution is -0.136. The number of nitrogens with zero attached hydrogens (tertiary/aromatic N) is 2. The summed E-state index contributed by atoms with van der Waals surface area (Å²) in [5.74, 6) is 1.06. The quantitative estimate of drug-likeness (QED) is 0.848. The van der Waals surface area contributed by atoms with Gasteiger partial charge in [0.05, 0.1) is 5.41 Å². The third-order valence-electron chi connectivity index (χ3n) is 5.01. The summed E-state index contributed by atoms with van der Waals surface area (Å²) < 4.78 is 5.35. The topological polar surface area (TPSA) is 80.5 Å². The van der Waals surface area contributed by atoms with Crippen LogP contribution < -0.4 is 16.0 Å². The fourth-order valence-corrected chi connectivity index (χ4v) is 3.31. The number of hydrogen-bond donors (Lipinski definition) is 2. The summed E-state index contributed by atoms with van der Waals surface area (Å²) in [6, 6.07) is 4.08. The van der Waals surface area contributed by atoms with E-state index in [-0.39, 0.29) is 5.91 Å². The van der Waals surface area contributed by atoms with E-state index in [0.29, 0.717) is 39.1 Å². The molecule has 6 nitrogen and oxygen atoms in total. The molecule has 2 aliphatic heterocycles. The van der Waals surface area contributed by atoms with E-state index in [1.165, 1.54) is 12.8 Å². The molecule has 2 saturated heterocycles. The molecular formula is C17H26N4O2. The molecule has 1 aromatic heterocycles. The summed E-state index contributed by atoms with van der Waals surface area (Å²) in [6.07, 6.45) is 5.73. The number of carbonyl (C=O) groups excluding carboxylic acids is 1. The minimum absolute atomic E-state index is 0.0342. The van der Waals surface area contributed by atoms with Gasteiger partial charge in [-0.2, -0.15) is 0 Å². The Morgan fingerprint density at radius 3 is 2.65 bits per heavy atom. The molecule has 0 unspecified atom stereocenters. The van der Waals surface area contributed by atoms with Crippen LogP contribution in [0.25, 0.3) is 0 Å². The number of nitrogens with one attached hydrogen (secondary N) is 1. The highest BCUT2D eigenvalue weighted by Gasteiger charge is 2.38. The highest BCUT2D eigenvalue weighted by Crippen LogP contribution is 2.29. The highest BCUT2D eigenvalue weighted by molar-refractivity contribution is 5.83. The van der Waals surface area contributed by atoms with Crippen LogP contribution in [0, 0.1) is 5.41 Å². The first-order valence-electron chi connectivity index (χ1n) is 8.49. The van der Waals surface area contributed by atoms with Gasteiger partial charge in [-0.15, -0.1) is 0 Å². The zero-order valence-corrected chi connectivity index (χ0v) is 13.6. The Hall–Kier alpha value is -1.66. The van der Waals surface area contributed by atoms with Crippen molar-refractivity contribution in [2.75, 3.05) is 37.7 Å². The maximum absolute atomic E-state index is 12.5. The van der Waals surface area contributed by atoms with Gasteiger partial charge < -0.3 is 20.7 Å². The zero-order chi connectivity index (χ0) is 16.1. The van der Waals surface area contributed by atoms with E-state index in [4.69, 9.17) is 10.5 Å². The zero-order valence-electron chi connectivity index (χ0n) is 13.6. The number of carbonyl (C=O) groups is 1. The van der Waals surface area contributed by atoms with Crippen molar-refractivity contribution in [3.05, 3.63) is 23.9 Å². The summed E-state index contributed by atoms with van der Waals surface area (Å²) in [6.45, 7) is 4.25. The number of pyridine rings is 1. The van der Waals surface area contributed by atoms with E-state index in [2.05, 4.69) is 15.2 Å². The standard InChI is InChI=1S/C17H26N4O2/c18-13-17(5-9-23-10-6-17)16(22)20-12-14-3-4-15(19-11-14)21-7-1-2-8-21/h3-4,11H,1-2,5-10,12-13,18H2,(H,20,22). The first kappa shape index (κ1) is 16.2. The number of hydrogen-bond acceptors (Lipinski definition) is 5. The van der Waals surface area contributed by atoms with Crippen molar-refractivity contribution in [1.82, 2.24) is 10.3 Å². The van der Waals surface area contributed by atoms with Gasteiger partial charge in [-0.25, -0.2) is 4.98 Å². The second kappa shape index (κ2) is 7.27. The van der Waals surface area contributed by atoms with Crippen LogP contribution in [0.5, 0.6) is 0 Å². The predicted molar refractivity (Wildman–Crippen MR) is 89.1 cm³/mol. The van der Waals surface area contributed by atoms with E-state index >= 15 is 0 Å². The molecule has 0 saturated carbocycles. The summed E-state index contributed by atoms with van der Waals surface area (Å²) in [5.41, 5.74) is 6.41. The molecule has 3 rings (SSSR count). The molecule has 0 spiro atoms. The van der Waals surface area contributed by atoms with E-state index in [1.54, 1.807) is 0 Å². The molecule has 3 heterocycles. The minimum Gasteiger partial charge on any atom is -0.381 e. The smallest absolute Gasteiger partial charge is 0.227 e. The van der Waals surface area contributed by atoms with Crippen LogP contribution in [-0.2, 0) is 16.1 Å². The van der Waals surface area contributed by atoms with Crippen molar-refractivity contribution in [2.45, 2.75) is 32.2 Å². The van der Waals surface area contributed by atoms with Gasteiger partial charge >= 0.3 is 0 Å². The molecule has 0 bridgehead atoms. The molecule has 1 amide bonds. The molecule has 1 aromatic rings. The van der Waals surface area contributed by atoms with Crippen LogP contribution in [0.1, 0.15) is 31.2 Å². The third kappa shape index (κ3) is 3.64. The van der Waals surface area contributed by atoms with Crippen LogP contribution in [-0.4, -0.2) is 43.7 Å². The Morgan fingerprint density at radius 2 is 2.04 bits per heavy atom. The second-order valence-corrected chi connectivity index (χ2v) is 6.50. The number of anilines is 1. The Labute approximate surface area is 137 Å². The van der Waals surface area contributed by atoms with Gasteiger partial charge in [-0.05, 0) is 37.3 Å². The van der Waals surface area contributed by atoms with Crippen molar-refractivity contribution in [2.24, 2.45) is 11.1 Å². The molecule has 0 aromatic carbocycles. The summed E-state index contributed by atoms with van der Waals surface area (Å²) >= 11 is 0. The lowest BCUT2D eigenvalue weighted by Gasteiger charge is -2.34. The lowest BCUT2D eigenvalue weighted by Crippen LogP contribution is -2.48. The first-order chi connectivity index (χ1) is 11.2. The SMILES string of the molecule is NCC1(C(=O)NCc2ccc(N3CCCC3)nc2)CCOCC1. The van der Waals surface area contributed by atoms with E-state index < -0.39 is 5.41 Å². The molecular weight excluding hydrogens is 292 g/mol. The van der Waals surface area contributed by atoms with Gasteiger partial charge in [0.15, 0.2) is 0 Å². The van der Waals surface area contributed by atoms with Gasteiger partial charge in [-0.3, -0.25) is 4.79 Å². The fraction of sp³-hybridized carbons (Fsp3) is 0.647. The Kier molecular flexibility index (Phi) is 5.13. The van der Waals surface area contributed by atoms with Gasteiger partial charge in [0.2, 0.25) is 5.91 Å². The molecule has 126 valence electrons. The molecule has 0 radical (unpaired) electrons. The molecule has 2 fully saturated rings. The van der Waals surface area contributed by atoms with Crippen LogP contribution in [0.2, 0.25) is 0 Å². The Morgan fingerprint density at radius 1 is 1.30 bits per heavy atom. The van der Waals surface area contributed by atoms with E-state index in [1.807, 2.05) is 18.3 Å². The van der Waals surface area contributed by atoms with Crippen LogP contribution in [0.4, 0.5) is 5.82 Å². The van der Waals surface area contributed by atoms with Crippen molar-refractivity contribution in [1.29, 1.82) is 0 Å². The molecule has 0 aliphatic carbocycles. The van der Waals surface area contributed by atoms with Crippen LogP contribution in [0.3, 0.4) is 0 Å². The predicted octanol–water partition coefficient (Wildman–Crippen LogP) is 1.05. The maximum Gasteiger partial charge on any atom is 0.227 e. The molecule has 3 N–H and O–H groups in total. The van der Waals surface area contributed by atoms with Crippen molar-refractivity contribution in [3.63, 3.8) is 0 Å². The summed E-state index contributed by atoms with van der Waals surface area (Å²) in [7, 11) is 0.